The Kier molecular flexibility index (Phi) is 6.54. The molecule has 0 radical (unpaired) electrons. The molecule has 3 aromatic rings. The molecule has 0 spiro atoms. The first kappa shape index (κ1) is 23.5. The third-order valence-corrected chi connectivity index (χ3v) is 7.58. The molecule has 0 saturated carbocycles. The van der Waals surface area contributed by atoms with Gasteiger partial charge in [-0.2, -0.15) is 18.6 Å². The maximum Gasteiger partial charge on any atom is 0.159 e. The molecule has 34 heavy (non-hydrogen) atoms. The summed E-state index contributed by atoms with van der Waals surface area (Å²) in [5, 5.41) is 15.8. The van der Waals surface area contributed by atoms with Gasteiger partial charge >= 0.3 is 0 Å². The van der Waals surface area contributed by atoms with Gasteiger partial charge in [0.2, 0.25) is 0 Å². The molecule has 1 atom stereocenters. The monoisotopic (exact) mass is 482 g/mol. The van der Waals surface area contributed by atoms with E-state index in [0.717, 1.165) is 61.8 Å². The highest BCUT2D eigenvalue weighted by Crippen LogP contribution is 2.34. The van der Waals surface area contributed by atoms with Crippen LogP contribution in [0.25, 0.3) is 16.7 Å². The molecule has 5 heterocycles. The number of hydrogen-bond donors (Lipinski definition) is 1. The second kappa shape index (κ2) is 9.45. The van der Waals surface area contributed by atoms with E-state index >= 15 is 0 Å². The molecule has 8 nitrogen and oxygen atoms in total. The first-order chi connectivity index (χ1) is 16.0. The summed E-state index contributed by atoms with van der Waals surface area (Å²) in [5.41, 5.74) is 3.87. The first-order valence-electron chi connectivity index (χ1n) is 12.1. The summed E-state index contributed by atoms with van der Waals surface area (Å²) in [6.07, 6.45) is 4.79. The Hall–Kier alpha value is -2.20. The Labute approximate surface area is 207 Å². The van der Waals surface area contributed by atoms with Crippen LogP contribution in [0.5, 0.6) is 0 Å². The maximum atomic E-state index is 9.96. The normalized spacial score (nSPS) is 22.2. The summed E-state index contributed by atoms with van der Waals surface area (Å²) in [4.78, 5) is 14.1. The molecule has 1 N–H and O–H groups in total. The van der Waals surface area contributed by atoms with Crippen LogP contribution in [0.2, 0.25) is 0 Å². The van der Waals surface area contributed by atoms with Crippen molar-refractivity contribution in [3.8, 4) is 5.82 Å². The van der Waals surface area contributed by atoms with Gasteiger partial charge in [-0.3, -0.25) is 4.90 Å². The van der Waals surface area contributed by atoms with E-state index in [1.807, 2.05) is 23.9 Å². The van der Waals surface area contributed by atoms with Crippen LogP contribution in [0, 0.1) is 13.8 Å². The number of aliphatic hydroxyl groups is 1. The minimum Gasteiger partial charge on any atom is -0.391 e. The number of likely N-dealkylation sites (tertiary alicyclic amines) is 1. The van der Waals surface area contributed by atoms with Gasteiger partial charge in [0.1, 0.15) is 11.6 Å². The third kappa shape index (κ3) is 4.30. The molecule has 3 fully saturated rings. The highest BCUT2D eigenvalue weighted by atomic mass is 32.1. The molecule has 3 aliphatic rings. The smallest absolute Gasteiger partial charge is 0.159 e. The topological polar surface area (TPSA) is 79.5 Å². The molecule has 0 bridgehead atoms. The highest BCUT2D eigenvalue weighted by molar-refractivity contribution is 7.59. The maximum absolute atomic E-state index is 9.96. The van der Waals surface area contributed by atoms with Gasteiger partial charge in [0.25, 0.3) is 0 Å². The van der Waals surface area contributed by atoms with E-state index in [2.05, 4.69) is 33.8 Å². The summed E-state index contributed by atoms with van der Waals surface area (Å²) < 4.78 is 7.34. The lowest BCUT2D eigenvalue weighted by molar-refractivity contribution is -0.0712. The summed E-state index contributed by atoms with van der Waals surface area (Å²) in [6, 6.07) is 7.23. The zero-order chi connectivity index (χ0) is 22.5. The zero-order valence-corrected chi connectivity index (χ0v) is 20.9. The van der Waals surface area contributed by atoms with Gasteiger partial charge in [-0.05, 0) is 75.4 Å². The molecule has 2 aromatic heterocycles. The van der Waals surface area contributed by atoms with Crippen molar-refractivity contribution in [1.82, 2.24) is 24.6 Å². The number of nitrogens with zero attached hydrogens (tertiary/aromatic N) is 6. The van der Waals surface area contributed by atoms with Gasteiger partial charge in [0, 0.05) is 24.5 Å². The number of piperidine rings is 1. The second-order valence-electron chi connectivity index (χ2n) is 9.85. The van der Waals surface area contributed by atoms with E-state index in [1.54, 1.807) is 0 Å². The molecular weight excluding hydrogens is 448 g/mol. The van der Waals surface area contributed by atoms with E-state index in [4.69, 9.17) is 14.8 Å². The Morgan fingerprint density at radius 1 is 0.971 bits per heavy atom. The second-order valence-corrected chi connectivity index (χ2v) is 9.85. The number of benzene rings is 1. The number of rotatable bonds is 4. The van der Waals surface area contributed by atoms with Crippen LogP contribution in [0.3, 0.4) is 0 Å². The fourth-order valence-electron chi connectivity index (χ4n) is 5.59. The molecule has 6 rings (SSSR count). The van der Waals surface area contributed by atoms with E-state index in [9.17, 15) is 5.11 Å². The Morgan fingerprint density at radius 3 is 2.41 bits per heavy atom. The van der Waals surface area contributed by atoms with Crippen LogP contribution in [0.4, 0.5) is 5.82 Å². The minimum atomic E-state index is -0.289. The molecule has 3 aliphatic heterocycles. The average Bonchev–Trinajstić information content (AvgIpc) is 3.38. The number of aliphatic hydroxyl groups excluding tert-OH is 1. The number of β-amino-alcohol motifs (C(OH)–C–C–N with tert-alkyl or cyclic N) is 1. The summed E-state index contributed by atoms with van der Waals surface area (Å²) >= 11 is 0. The van der Waals surface area contributed by atoms with Gasteiger partial charge in [-0.1, -0.05) is 0 Å². The van der Waals surface area contributed by atoms with Crippen molar-refractivity contribution in [3.63, 3.8) is 0 Å². The average molecular weight is 483 g/mol. The summed E-state index contributed by atoms with van der Waals surface area (Å²) in [7, 11) is 0. The Bertz CT molecular complexity index is 1170. The Morgan fingerprint density at radius 2 is 1.74 bits per heavy atom. The largest absolute Gasteiger partial charge is 0.391 e. The molecule has 9 heteroatoms. The number of aryl methyl sites for hydroxylation is 2. The summed E-state index contributed by atoms with van der Waals surface area (Å²) in [6.45, 7) is 9.65. The molecule has 3 saturated heterocycles. The molecule has 0 amide bonds. The van der Waals surface area contributed by atoms with E-state index in [-0.39, 0.29) is 19.6 Å². The molecule has 182 valence electrons. The molecule has 0 aliphatic carbocycles. The van der Waals surface area contributed by atoms with Crippen molar-refractivity contribution in [3.05, 3.63) is 41.3 Å². The van der Waals surface area contributed by atoms with Crippen LogP contribution in [-0.2, 0) is 4.74 Å². The first-order valence-corrected chi connectivity index (χ1v) is 12.1. The van der Waals surface area contributed by atoms with Crippen LogP contribution >= 0.6 is 13.5 Å². The minimum absolute atomic E-state index is 0. The van der Waals surface area contributed by atoms with Crippen molar-refractivity contribution in [1.29, 1.82) is 0 Å². The lowest BCUT2D eigenvalue weighted by Gasteiger charge is -2.41. The van der Waals surface area contributed by atoms with Crippen molar-refractivity contribution in [2.24, 2.45) is 0 Å². The fourth-order valence-corrected chi connectivity index (χ4v) is 5.59. The van der Waals surface area contributed by atoms with E-state index < -0.39 is 0 Å². The number of aromatic nitrogens is 4. The quantitative estimate of drug-likeness (QED) is 0.612. The van der Waals surface area contributed by atoms with Crippen LogP contribution < -0.4 is 4.90 Å². The van der Waals surface area contributed by atoms with Gasteiger partial charge in [0.15, 0.2) is 5.82 Å². The van der Waals surface area contributed by atoms with Crippen molar-refractivity contribution in [2.75, 3.05) is 44.3 Å². The van der Waals surface area contributed by atoms with Crippen LogP contribution in [0.1, 0.15) is 42.1 Å². The highest BCUT2D eigenvalue weighted by Gasteiger charge is 2.31. The zero-order valence-electron chi connectivity index (χ0n) is 19.9. The van der Waals surface area contributed by atoms with E-state index in [0.29, 0.717) is 24.3 Å². The lowest BCUT2D eigenvalue weighted by Crippen LogP contribution is -2.51. The summed E-state index contributed by atoms with van der Waals surface area (Å²) in [5.74, 6) is 2.93. The van der Waals surface area contributed by atoms with Gasteiger partial charge < -0.3 is 14.7 Å². The van der Waals surface area contributed by atoms with Gasteiger partial charge in [-0.25, -0.2) is 14.6 Å². The Balaban J connectivity index is 0.00000241. The number of ether oxygens (including phenoxy) is 1. The van der Waals surface area contributed by atoms with Gasteiger partial charge in [-0.15, -0.1) is 0 Å². The molecular formula is C25H34N6O2S. The van der Waals surface area contributed by atoms with Crippen LogP contribution in [-0.4, -0.2) is 81.3 Å². The van der Waals surface area contributed by atoms with Crippen molar-refractivity contribution < 1.29 is 9.84 Å². The standard InChI is InChI=1S/C25H32N6O2.H2S/c1-16-9-19-12-26-31(25-11-24(27-17(2)28-25)30-8-5-21(32)13-30)23(19)10-22(16)18-3-6-29(7-4-18)20-14-33-15-20;/h9-12,18,20-21,32H,3-8,13-15H2,1-2H3;1H2/t21-;/m0./s1. The SMILES string of the molecule is Cc1nc(N2CC[C@H](O)C2)cc(-n2ncc3cc(C)c(C4CCN(C5COC5)CC4)cc32)n1.S. The van der Waals surface area contributed by atoms with Crippen molar-refractivity contribution >= 4 is 30.2 Å². The van der Waals surface area contributed by atoms with Crippen LogP contribution in [0.15, 0.2) is 24.4 Å². The molecule has 0 unspecified atom stereocenters. The predicted octanol–water partition coefficient (Wildman–Crippen LogP) is 2.69. The number of fused-ring (bicyclic) bond motifs is 1. The fraction of sp³-hybridized carbons (Fsp3) is 0.560. The predicted molar refractivity (Wildman–Crippen MR) is 138 cm³/mol. The number of anilines is 1. The van der Waals surface area contributed by atoms with E-state index in [1.165, 1.54) is 24.0 Å². The lowest BCUT2D eigenvalue weighted by atomic mass is 9.85. The molecule has 1 aromatic carbocycles. The van der Waals surface area contributed by atoms with Crippen molar-refractivity contribution in [2.45, 2.75) is 51.2 Å². The van der Waals surface area contributed by atoms with Gasteiger partial charge in [0.05, 0.1) is 37.1 Å². The number of hydrogen-bond acceptors (Lipinski definition) is 7. The third-order valence-electron chi connectivity index (χ3n) is 7.58.